The zero-order valence-corrected chi connectivity index (χ0v) is 18.3. The van der Waals surface area contributed by atoms with E-state index in [1.54, 1.807) is 0 Å². The smallest absolute Gasteiger partial charge is 0.109 e. The summed E-state index contributed by atoms with van der Waals surface area (Å²) in [5.74, 6) is 0. The van der Waals surface area contributed by atoms with Crippen LogP contribution in [0.1, 0.15) is 5.56 Å². The molecule has 4 rings (SSSR count). The van der Waals surface area contributed by atoms with Gasteiger partial charge in [0.25, 0.3) is 0 Å². The molecule has 2 heteroatoms. The third-order valence-corrected chi connectivity index (χ3v) is 9.36. The van der Waals surface area contributed by atoms with Crippen molar-refractivity contribution < 1.29 is 0 Å². The highest BCUT2D eigenvalue weighted by Gasteiger charge is 2.39. The maximum Gasteiger partial charge on any atom is 0.109 e. The predicted molar refractivity (Wildman–Crippen MR) is 131 cm³/mol. The lowest BCUT2D eigenvalue weighted by atomic mass is 10.2. The lowest BCUT2D eigenvalue weighted by molar-refractivity contribution is 1.42. The second-order valence-corrected chi connectivity index (χ2v) is 10.7. The second-order valence-electron chi connectivity index (χ2n) is 6.70. The van der Waals surface area contributed by atoms with Gasteiger partial charge in [0.2, 0.25) is 0 Å². The first-order valence-electron chi connectivity index (χ1n) is 9.52. The van der Waals surface area contributed by atoms with Crippen LogP contribution in [0.15, 0.2) is 121 Å². The summed E-state index contributed by atoms with van der Waals surface area (Å²) in [6.45, 7) is 2.41. The monoisotopic (exact) mass is 401 g/mol. The van der Waals surface area contributed by atoms with Crippen molar-refractivity contribution in [2.75, 3.05) is 6.66 Å². The van der Waals surface area contributed by atoms with Gasteiger partial charge in [-0.1, -0.05) is 84.9 Å². The summed E-state index contributed by atoms with van der Waals surface area (Å²) in [5.41, 5.74) is 1.37. The number of benzene rings is 4. The molecular formula is C26H27P2+. The van der Waals surface area contributed by atoms with Crippen molar-refractivity contribution in [1.82, 2.24) is 0 Å². The molecular weight excluding hydrogens is 374 g/mol. The van der Waals surface area contributed by atoms with Crippen LogP contribution in [0.3, 0.4) is 0 Å². The van der Waals surface area contributed by atoms with Gasteiger partial charge in [-0.15, -0.1) is 9.24 Å². The Labute approximate surface area is 172 Å². The fourth-order valence-electron chi connectivity index (χ4n) is 3.24. The molecule has 0 nitrogen and oxygen atoms in total. The fourth-order valence-corrected chi connectivity index (χ4v) is 6.71. The van der Waals surface area contributed by atoms with E-state index in [9.17, 15) is 0 Å². The Hall–Kier alpha value is -2.26. The zero-order valence-electron chi connectivity index (χ0n) is 16.3. The van der Waals surface area contributed by atoms with Crippen molar-refractivity contribution in [3.8, 4) is 0 Å². The van der Waals surface area contributed by atoms with Crippen molar-refractivity contribution in [1.29, 1.82) is 0 Å². The van der Waals surface area contributed by atoms with Gasteiger partial charge >= 0.3 is 0 Å². The molecule has 0 radical (unpaired) electrons. The van der Waals surface area contributed by atoms with E-state index in [0.717, 1.165) is 6.16 Å². The minimum absolute atomic E-state index is 1.06. The van der Waals surface area contributed by atoms with Crippen LogP contribution in [0.5, 0.6) is 0 Å². The van der Waals surface area contributed by atoms with E-state index in [1.807, 2.05) is 6.07 Å². The maximum atomic E-state index is 2.69. The Kier molecular flexibility index (Phi) is 7.55. The molecule has 4 aromatic carbocycles. The molecule has 0 spiro atoms. The molecule has 0 aliphatic rings. The van der Waals surface area contributed by atoms with Crippen LogP contribution in [0.2, 0.25) is 0 Å². The summed E-state index contributed by atoms with van der Waals surface area (Å²) in [5, 5.41) is 4.28. The van der Waals surface area contributed by atoms with E-state index < -0.39 is 7.26 Å². The topological polar surface area (TPSA) is 0 Å². The summed E-state index contributed by atoms with van der Waals surface area (Å²) >= 11 is 0. The van der Waals surface area contributed by atoms with Gasteiger partial charge in [-0.2, -0.15) is 0 Å². The van der Waals surface area contributed by atoms with Crippen LogP contribution < -0.4 is 15.9 Å². The Morgan fingerprint density at radius 3 is 1.04 bits per heavy atom. The van der Waals surface area contributed by atoms with Crippen molar-refractivity contribution in [2.24, 2.45) is 0 Å². The van der Waals surface area contributed by atoms with E-state index in [1.165, 1.54) is 21.5 Å². The molecule has 0 aliphatic heterocycles. The van der Waals surface area contributed by atoms with E-state index in [-0.39, 0.29) is 0 Å². The normalized spacial score (nSPS) is 10.6. The van der Waals surface area contributed by atoms with Gasteiger partial charge in [0.15, 0.2) is 0 Å². The zero-order chi connectivity index (χ0) is 19.7. The van der Waals surface area contributed by atoms with Gasteiger partial charge in [-0.05, 0) is 48.1 Å². The van der Waals surface area contributed by atoms with Crippen LogP contribution >= 0.6 is 16.5 Å². The standard InChI is InChI=1S/C19H18P.C7H9P/c1-20(17-11-5-2-6-12-17,18-13-7-3-8-14-18)19-15-9-4-10-16-19;8-6-7-4-2-1-3-5-7/h2-16H,1H3;1-5H,6,8H2/q+1;. The number of hydrogen-bond donors (Lipinski definition) is 0. The largest absolute Gasteiger partial charge is 0.133 e. The van der Waals surface area contributed by atoms with Crippen molar-refractivity contribution >= 4 is 32.4 Å². The summed E-state index contributed by atoms with van der Waals surface area (Å²) in [7, 11) is 1.17. The van der Waals surface area contributed by atoms with Gasteiger partial charge in [0.05, 0.1) is 6.66 Å². The quantitative estimate of drug-likeness (QED) is 0.387. The highest BCUT2D eigenvalue weighted by Crippen LogP contribution is 2.51. The van der Waals surface area contributed by atoms with Crippen LogP contribution in [0, 0.1) is 0 Å². The summed E-state index contributed by atoms with van der Waals surface area (Å²) < 4.78 is 0. The third-order valence-electron chi connectivity index (χ3n) is 4.90. The Bertz CT molecular complexity index is 840. The van der Waals surface area contributed by atoms with E-state index in [0.29, 0.717) is 0 Å². The molecule has 0 N–H and O–H groups in total. The molecule has 0 saturated carbocycles. The van der Waals surface area contributed by atoms with Crippen molar-refractivity contribution in [3.05, 3.63) is 127 Å². The van der Waals surface area contributed by atoms with Gasteiger partial charge < -0.3 is 0 Å². The molecule has 0 amide bonds. The Balaban J connectivity index is 0.000000236. The lowest BCUT2D eigenvalue weighted by Crippen LogP contribution is -2.30. The molecule has 0 aliphatic carbocycles. The molecule has 140 valence electrons. The minimum Gasteiger partial charge on any atom is -0.133 e. The molecule has 1 atom stereocenters. The fraction of sp³-hybridized carbons (Fsp3) is 0.0769. The average Bonchev–Trinajstić information content (AvgIpc) is 2.81. The molecule has 4 aromatic rings. The highest BCUT2D eigenvalue weighted by atomic mass is 31.2. The second kappa shape index (κ2) is 10.3. The van der Waals surface area contributed by atoms with Gasteiger partial charge in [-0.25, -0.2) is 0 Å². The van der Waals surface area contributed by atoms with Crippen LogP contribution in [-0.2, 0) is 6.16 Å². The first kappa shape index (κ1) is 20.5. The number of rotatable bonds is 4. The summed E-state index contributed by atoms with van der Waals surface area (Å²) in [4.78, 5) is 0. The average molecular weight is 401 g/mol. The maximum absolute atomic E-state index is 2.69. The van der Waals surface area contributed by atoms with Gasteiger partial charge in [0.1, 0.15) is 23.2 Å². The molecule has 0 saturated heterocycles. The molecule has 28 heavy (non-hydrogen) atoms. The van der Waals surface area contributed by atoms with Crippen LogP contribution in [-0.4, -0.2) is 6.66 Å². The molecule has 1 unspecified atom stereocenters. The first-order chi connectivity index (χ1) is 13.7. The number of hydrogen-bond acceptors (Lipinski definition) is 0. The minimum atomic E-state index is -1.53. The SMILES string of the molecule is C[P+](c1ccccc1)(c1ccccc1)c1ccccc1.PCc1ccccc1. The summed E-state index contributed by atoms with van der Waals surface area (Å²) in [6, 6.07) is 43.0. The Morgan fingerprint density at radius 2 is 0.786 bits per heavy atom. The van der Waals surface area contributed by atoms with E-state index >= 15 is 0 Å². The lowest BCUT2D eigenvalue weighted by Gasteiger charge is -2.22. The third kappa shape index (κ3) is 4.96. The molecule has 0 heterocycles. The Morgan fingerprint density at radius 1 is 0.500 bits per heavy atom. The summed E-state index contributed by atoms with van der Waals surface area (Å²) in [6.07, 6.45) is 1.06. The molecule has 0 aromatic heterocycles. The highest BCUT2D eigenvalue weighted by molar-refractivity contribution is 7.95. The van der Waals surface area contributed by atoms with Crippen LogP contribution in [0.4, 0.5) is 0 Å². The molecule has 0 fully saturated rings. The van der Waals surface area contributed by atoms with Gasteiger partial charge in [0, 0.05) is 0 Å². The molecule has 0 bridgehead atoms. The van der Waals surface area contributed by atoms with E-state index in [2.05, 4.69) is 131 Å². The first-order valence-corrected chi connectivity index (χ1v) is 12.6. The van der Waals surface area contributed by atoms with Gasteiger partial charge in [-0.3, -0.25) is 0 Å². The van der Waals surface area contributed by atoms with Crippen LogP contribution in [0.25, 0.3) is 0 Å². The predicted octanol–water partition coefficient (Wildman–Crippen LogP) is 5.67. The van der Waals surface area contributed by atoms with Crippen molar-refractivity contribution in [3.63, 3.8) is 0 Å². The van der Waals surface area contributed by atoms with Crippen molar-refractivity contribution in [2.45, 2.75) is 6.16 Å². The van der Waals surface area contributed by atoms with E-state index in [4.69, 9.17) is 0 Å².